The van der Waals surface area contributed by atoms with Crippen molar-refractivity contribution in [3.8, 4) is 0 Å². The summed E-state index contributed by atoms with van der Waals surface area (Å²) in [5.41, 5.74) is 2.21. The van der Waals surface area contributed by atoms with E-state index < -0.39 is 18.2 Å². The number of ether oxygens (including phenoxy) is 2. The van der Waals surface area contributed by atoms with Crippen LogP contribution in [0.2, 0.25) is 0 Å². The second-order valence-corrected chi connectivity index (χ2v) is 3.27. The molecule has 0 spiro atoms. The molecule has 0 aromatic carbocycles. The highest BCUT2D eigenvalue weighted by Gasteiger charge is 2.16. The molecule has 0 heterocycles. The second kappa shape index (κ2) is 10.4. The Morgan fingerprint density at radius 2 is 1.80 bits per heavy atom. The summed E-state index contributed by atoms with van der Waals surface area (Å²) in [6, 6.07) is 0. The summed E-state index contributed by atoms with van der Waals surface area (Å²) < 4.78 is 9.39. The number of carboxylic acid groups (broad SMARTS) is 1. The largest absolute Gasteiger partial charge is 0.478 e. The number of nitrogens with zero attached hydrogens (tertiary/aromatic N) is 1. The van der Waals surface area contributed by atoms with E-state index >= 15 is 0 Å². The summed E-state index contributed by atoms with van der Waals surface area (Å²) in [6.45, 7) is 3.58. The van der Waals surface area contributed by atoms with Gasteiger partial charge >= 0.3 is 18.2 Å². The molecule has 0 aromatic heterocycles. The maximum absolute atomic E-state index is 11.5. The first-order valence-corrected chi connectivity index (χ1v) is 5.95. The minimum absolute atomic E-state index is 0.00159. The summed E-state index contributed by atoms with van der Waals surface area (Å²) in [5.74, 6) is -1.08. The van der Waals surface area contributed by atoms with Gasteiger partial charge in [0, 0.05) is 6.08 Å². The molecule has 0 rings (SSSR count). The first-order chi connectivity index (χ1) is 9.51. The maximum atomic E-state index is 11.5. The average molecular weight is 286 g/mol. The number of carbonyl (C=O) groups is 3. The van der Waals surface area contributed by atoms with Crippen LogP contribution < -0.4 is 5.43 Å². The minimum atomic E-state index is -1.08. The molecule has 0 aromatic rings. The van der Waals surface area contributed by atoms with Gasteiger partial charge in [0.15, 0.2) is 0 Å². The van der Waals surface area contributed by atoms with Crippen LogP contribution in [0.15, 0.2) is 24.3 Å². The lowest BCUT2D eigenvalue weighted by atomic mass is 10.4. The highest BCUT2D eigenvalue weighted by atomic mass is 16.6. The average Bonchev–Trinajstić information content (AvgIpc) is 2.37. The number of nitrogens with one attached hydrogen (secondary N) is 1. The van der Waals surface area contributed by atoms with E-state index in [2.05, 4.69) is 10.2 Å². The number of amides is 2. The zero-order valence-corrected chi connectivity index (χ0v) is 11.4. The summed E-state index contributed by atoms with van der Waals surface area (Å²) >= 11 is 0. The number of hydrazine groups is 1. The van der Waals surface area contributed by atoms with Gasteiger partial charge in [-0.1, -0.05) is 18.2 Å². The van der Waals surface area contributed by atoms with E-state index in [1.807, 2.05) is 0 Å². The van der Waals surface area contributed by atoms with Gasteiger partial charge in [0.2, 0.25) is 0 Å². The topological polar surface area (TPSA) is 105 Å². The van der Waals surface area contributed by atoms with Crippen molar-refractivity contribution < 1.29 is 29.0 Å². The van der Waals surface area contributed by atoms with Gasteiger partial charge in [0.1, 0.15) is 0 Å². The van der Waals surface area contributed by atoms with Crippen LogP contribution in [0.5, 0.6) is 0 Å². The van der Waals surface area contributed by atoms with Crippen LogP contribution in [-0.2, 0) is 14.3 Å². The quantitative estimate of drug-likeness (QED) is 0.433. The lowest BCUT2D eigenvalue weighted by Gasteiger charge is -2.20. The van der Waals surface area contributed by atoms with Crippen LogP contribution in [0.3, 0.4) is 0 Å². The van der Waals surface area contributed by atoms with E-state index in [4.69, 9.17) is 9.84 Å². The van der Waals surface area contributed by atoms with E-state index in [-0.39, 0.29) is 19.8 Å². The van der Waals surface area contributed by atoms with Crippen molar-refractivity contribution in [2.45, 2.75) is 13.8 Å². The molecule has 0 fully saturated rings. The smallest absolute Gasteiger partial charge is 0.429 e. The number of carboxylic acids is 1. The lowest BCUT2D eigenvalue weighted by molar-refractivity contribution is -0.131. The Hall–Kier alpha value is -2.51. The standard InChI is InChI=1S/C12H18N2O6/c1-3-19-11(17)13-14(12(18)20-4-2)9-7-5-6-8-10(15)16/h5-8H,3-4,9H2,1-2H3,(H,13,17)(H,15,16)/b7-5+,8-6+. The third-order valence-corrected chi connectivity index (χ3v) is 1.76. The first kappa shape index (κ1) is 17.5. The van der Waals surface area contributed by atoms with Crippen molar-refractivity contribution in [2.75, 3.05) is 19.8 Å². The Morgan fingerprint density at radius 3 is 2.35 bits per heavy atom. The van der Waals surface area contributed by atoms with Gasteiger partial charge in [-0.2, -0.15) is 0 Å². The van der Waals surface area contributed by atoms with Crippen LogP contribution in [0.25, 0.3) is 0 Å². The predicted octanol–water partition coefficient (Wildman–Crippen LogP) is 1.30. The molecule has 0 aliphatic heterocycles. The van der Waals surface area contributed by atoms with Gasteiger partial charge < -0.3 is 14.6 Å². The van der Waals surface area contributed by atoms with Gasteiger partial charge in [-0.15, -0.1) is 0 Å². The van der Waals surface area contributed by atoms with Gasteiger partial charge in [-0.25, -0.2) is 24.8 Å². The number of aliphatic carboxylic acids is 1. The van der Waals surface area contributed by atoms with Gasteiger partial charge in [0.25, 0.3) is 0 Å². The fourth-order valence-corrected chi connectivity index (χ4v) is 1.02. The third kappa shape index (κ3) is 8.56. The molecule has 8 nitrogen and oxygen atoms in total. The van der Waals surface area contributed by atoms with Crippen molar-refractivity contribution in [1.82, 2.24) is 10.4 Å². The molecular weight excluding hydrogens is 268 g/mol. The zero-order chi connectivity index (χ0) is 15.4. The fraction of sp³-hybridized carbons (Fsp3) is 0.417. The number of allylic oxidation sites excluding steroid dienone is 2. The molecule has 0 saturated carbocycles. The summed E-state index contributed by atoms with van der Waals surface area (Å²) in [7, 11) is 0. The molecular formula is C12H18N2O6. The molecule has 8 heteroatoms. The predicted molar refractivity (Wildman–Crippen MR) is 69.8 cm³/mol. The van der Waals surface area contributed by atoms with Crippen molar-refractivity contribution >= 4 is 18.2 Å². The molecule has 20 heavy (non-hydrogen) atoms. The molecule has 0 unspecified atom stereocenters. The second-order valence-electron chi connectivity index (χ2n) is 3.27. The molecule has 2 amide bonds. The maximum Gasteiger partial charge on any atom is 0.429 e. The Morgan fingerprint density at radius 1 is 1.15 bits per heavy atom. The molecule has 0 bridgehead atoms. The monoisotopic (exact) mass is 286 g/mol. The summed E-state index contributed by atoms with van der Waals surface area (Å²) in [5, 5.41) is 9.29. The number of carbonyl (C=O) groups excluding carboxylic acids is 2. The Bertz CT molecular complexity index is 391. The Balaban J connectivity index is 4.49. The minimum Gasteiger partial charge on any atom is -0.478 e. The van der Waals surface area contributed by atoms with Crippen LogP contribution in [0.1, 0.15) is 13.8 Å². The summed E-state index contributed by atoms with van der Waals surface area (Å²) in [6.07, 6.45) is 3.60. The van der Waals surface area contributed by atoms with E-state index in [1.54, 1.807) is 13.8 Å². The van der Waals surface area contributed by atoms with Crippen LogP contribution in [-0.4, -0.2) is 48.0 Å². The molecule has 112 valence electrons. The summed E-state index contributed by atoms with van der Waals surface area (Å²) in [4.78, 5) is 33.0. The Kier molecular flexibility index (Phi) is 9.11. The van der Waals surface area contributed by atoms with Gasteiger partial charge in [-0.05, 0) is 13.8 Å². The van der Waals surface area contributed by atoms with Crippen LogP contribution in [0.4, 0.5) is 9.59 Å². The normalized spacial score (nSPS) is 10.5. The van der Waals surface area contributed by atoms with Crippen molar-refractivity contribution in [3.05, 3.63) is 24.3 Å². The van der Waals surface area contributed by atoms with Crippen molar-refractivity contribution in [1.29, 1.82) is 0 Å². The number of hydrogen-bond donors (Lipinski definition) is 2. The molecule has 0 radical (unpaired) electrons. The molecule has 2 N–H and O–H groups in total. The number of rotatable bonds is 6. The molecule has 0 atom stereocenters. The molecule has 0 aliphatic rings. The molecule has 0 saturated heterocycles. The highest BCUT2D eigenvalue weighted by molar-refractivity contribution is 5.80. The third-order valence-electron chi connectivity index (χ3n) is 1.76. The van der Waals surface area contributed by atoms with Crippen molar-refractivity contribution in [3.63, 3.8) is 0 Å². The lowest BCUT2D eigenvalue weighted by Crippen LogP contribution is -2.46. The molecule has 0 aliphatic carbocycles. The van der Waals surface area contributed by atoms with Gasteiger partial charge in [0.05, 0.1) is 19.8 Å². The van der Waals surface area contributed by atoms with E-state index in [1.165, 1.54) is 18.2 Å². The van der Waals surface area contributed by atoms with Crippen LogP contribution in [0, 0.1) is 0 Å². The fourth-order valence-electron chi connectivity index (χ4n) is 1.02. The van der Waals surface area contributed by atoms with E-state index in [0.29, 0.717) is 0 Å². The first-order valence-electron chi connectivity index (χ1n) is 5.95. The Labute approximate surface area is 116 Å². The van der Waals surface area contributed by atoms with E-state index in [9.17, 15) is 14.4 Å². The van der Waals surface area contributed by atoms with E-state index in [0.717, 1.165) is 11.1 Å². The SMILES string of the molecule is CCOC(=O)NN(C/C=C/C=C/C(=O)O)C(=O)OCC. The van der Waals surface area contributed by atoms with Crippen molar-refractivity contribution in [2.24, 2.45) is 0 Å². The zero-order valence-electron chi connectivity index (χ0n) is 11.4. The van der Waals surface area contributed by atoms with Gasteiger partial charge in [-0.3, -0.25) is 0 Å². The number of hydrogen-bond acceptors (Lipinski definition) is 5. The van der Waals surface area contributed by atoms with Crippen LogP contribution >= 0.6 is 0 Å². The highest BCUT2D eigenvalue weighted by Crippen LogP contribution is 1.93.